The van der Waals surface area contributed by atoms with Crippen molar-refractivity contribution in [1.82, 2.24) is 0 Å². The molecule has 3 aromatic rings. The minimum Gasteiger partial charge on any atom is -0.184 e. The Balaban J connectivity index is 0.000000158. The Labute approximate surface area is 139 Å². The predicted molar refractivity (Wildman–Crippen MR) is 91.6 cm³/mol. The largest absolute Gasteiger partial charge is 0.184 e. The van der Waals surface area contributed by atoms with Gasteiger partial charge in [-0.15, -0.1) is 29.7 Å². The van der Waals surface area contributed by atoms with Crippen LogP contribution < -0.4 is 0 Å². The molecule has 0 saturated heterocycles. The van der Waals surface area contributed by atoms with Gasteiger partial charge in [-0.2, -0.15) is 53.9 Å². The topological polar surface area (TPSA) is 0 Å². The molecule has 4 heteroatoms. The molecular weight excluding hydrogens is 468 g/mol. The van der Waals surface area contributed by atoms with Crippen molar-refractivity contribution in [1.29, 1.82) is 0 Å². The molecule has 0 nitrogen and oxygen atoms in total. The van der Waals surface area contributed by atoms with Gasteiger partial charge in [0, 0.05) is 0 Å². The summed E-state index contributed by atoms with van der Waals surface area (Å²) in [6, 6.07) is 27.2. The van der Waals surface area contributed by atoms with Gasteiger partial charge in [0.05, 0.1) is 0 Å². The first kappa shape index (κ1) is 17.3. The van der Waals surface area contributed by atoms with E-state index in [0.29, 0.717) is 0 Å². The van der Waals surface area contributed by atoms with Crippen LogP contribution in [0.5, 0.6) is 0 Å². The monoisotopic (exact) mass is 477 g/mol. The number of halogens is 3. The van der Waals surface area contributed by atoms with E-state index in [-0.39, 0.29) is 0 Å². The van der Waals surface area contributed by atoms with Crippen LogP contribution in [-0.2, 0) is 11.6 Å². The Kier molecular flexibility index (Phi) is 9.93. The molecule has 0 unspecified atom stereocenters. The zero-order valence-electron chi connectivity index (χ0n) is 10.1. The molecule has 0 saturated carbocycles. The molecule has 0 radical (unpaired) electrons. The van der Waals surface area contributed by atoms with Crippen LogP contribution in [0.25, 0.3) is 10.8 Å². The van der Waals surface area contributed by atoms with E-state index >= 15 is 0 Å². The SMILES string of the molecule is [Br][Ti]([Br])[Br].[c-]1ccccc1.c1ccc2[cH-]ccc2c1. The molecular formula is C15H12Br3Ti-2. The molecule has 0 heterocycles. The molecule has 0 aliphatic carbocycles. The number of hydrogen-bond acceptors (Lipinski definition) is 0. The van der Waals surface area contributed by atoms with E-state index in [1.165, 1.54) is 10.8 Å². The molecule has 19 heavy (non-hydrogen) atoms. The van der Waals surface area contributed by atoms with Crippen LogP contribution in [0.1, 0.15) is 0 Å². The van der Waals surface area contributed by atoms with E-state index in [2.05, 4.69) is 88.0 Å². The molecule has 0 atom stereocenters. The molecule has 0 aliphatic heterocycles. The van der Waals surface area contributed by atoms with Crippen molar-refractivity contribution >= 4 is 50.3 Å². The van der Waals surface area contributed by atoms with Crippen molar-refractivity contribution < 1.29 is 11.6 Å². The molecule has 0 aliphatic rings. The third-order valence-corrected chi connectivity index (χ3v) is 2.15. The van der Waals surface area contributed by atoms with Crippen molar-refractivity contribution in [2.45, 2.75) is 0 Å². The molecule has 0 amide bonds. The average molecular weight is 480 g/mol. The summed E-state index contributed by atoms with van der Waals surface area (Å²) < 4.78 is 0. The number of fused-ring (bicyclic) bond motifs is 1. The van der Waals surface area contributed by atoms with Crippen molar-refractivity contribution in [3.63, 3.8) is 0 Å². The summed E-state index contributed by atoms with van der Waals surface area (Å²) in [5.41, 5.74) is 0. The molecule has 0 bridgehead atoms. The summed E-state index contributed by atoms with van der Waals surface area (Å²) in [6.07, 6.45) is 0. The van der Waals surface area contributed by atoms with Crippen LogP contribution in [0.2, 0.25) is 0 Å². The molecule has 0 spiro atoms. The molecule has 0 aromatic heterocycles. The minimum atomic E-state index is -0.896. The third kappa shape index (κ3) is 8.88. The van der Waals surface area contributed by atoms with E-state index in [9.17, 15) is 0 Å². The van der Waals surface area contributed by atoms with Crippen molar-refractivity contribution in [2.75, 3.05) is 0 Å². The Hall–Kier alpha value is 0.204. The fourth-order valence-electron chi connectivity index (χ4n) is 1.41. The summed E-state index contributed by atoms with van der Waals surface area (Å²) in [5, 5.41) is 2.66. The zero-order chi connectivity index (χ0) is 13.9. The smallest absolute Gasteiger partial charge is 0.0809 e. The molecule has 3 rings (SSSR count). The third-order valence-electron chi connectivity index (χ3n) is 2.15. The first-order chi connectivity index (χ1) is 9.20. The second-order valence-corrected chi connectivity index (χ2v) is 27.1. The second-order valence-electron chi connectivity index (χ2n) is 3.45. The van der Waals surface area contributed by atoms with Gasteiger partial charge in [0.1, 0.15) is 0 Å². The summed E-state index contributed by atoms with van der Waals surface area (Å²) in [4.78, 5) is 0. The molecule has 3 aromatic carbocycles. The van der Waals surface area contributed by atoms with Gasteiger partial charge in [-0.25, -0.2) is 0 Å². The van der Waals surface area contributed by atoms with Crippen LogP contribution in [0, 0.1) is 6.07 Å². The van der Waals surface area contributed by atoms with Gasteiger partial charge < -0.3 is 0 Å². The van der Waals surface area contributed by atoms with Gasteiger partial charge in [0.2, 0.25) is 0 Å². The van der Waals surface area contributed by atoms with Crippen LogP contribution in [-0.4, -0.2) is 0 Å². The Morgan fingerprint density at radius 3 is 1.95 bits per heavy atom. The Bertz CT molecular complexity index is 490. The maximum absolute atomic E-state index is 3.27. The van der Waals surface area contributed by atoms with E-state index in [1.807, 2.05) is 30.3 Å². The summed E-state index contributed by atoms with van der Waals surface area (Å²) >= 11 is 8.92. The summed E-state index contributed by atoms with van der Waals surface area (Å²) in [5.74, 6) is 0. The van der Waals surface area contributed by atoms with Gasteiger partial charge in [0.25, 0.3) is 0 Å². The predicted octanol–water partition coefficient (Wildman–Crippen LogP) is 6.58. The van der Waals surface area contributed by atoms with E-state index in [0.717, 1.165) is 0 Å². The minimum absolute atomic E-state index is 0.896. The van der Waals surface area contributed by atoms with E-state index in [1.54, 1.807) is 0 Å². The van der Waals surface area contributed by atoms with Crippen molar-refractivity contribution in [3.05, 3.63) is 78.9 Å². The van der Waals surface area contributed by atoms with Crippen molar-refractivity contribution in [2.24, 2.45) is 0 Å². The van der Waals surface area contributed by atoms with Crippen LogP contribution in [0.15, 0.2) is 72.8 Å². The summed E-state index contributed by atoms with van der Waals surface area (Å²) in [6.45, 7) is 0. The first-order valence-electron chi connectivity index (χ1n) is 5.55. The zero-order valence-corrected chi connectivity index (χ0v) is 16.4. The molecule has 0 N–H and O–H groups in total. The van der Waals surface area contributed by atoms with Crippen LogP contribution >= 0.6 is 39.5 Å². The van der Waals surface area contributed by atoms with Gasteiger partial charge in [-0.3, -0.25) is 0 Å². The molecule has 99 valence electrons. The average Bonchev–Trinajstić information content (AvgIpc) is 2.89. The number of hydrogen-bond donors (Lipinski definition) is 0. The molecule has 0 fully saturated rings. The second kappa shape index (κ2) is 10.9. The normalized spacial score (nSPS) is 8.79. The van der Waals surface area contributed by atoms with E-state index in [4.69, 9.17) is 0 Å². The van der Waals surface area contributed by atoms with Crippen LogP contribution in [0.4, 0.5) is 0 Å². The summed E-state index contributed by atoms with van der Waals surface area (Å²) in [7, 11) is 0. The van der Waals surface area contributed by atoms with Gasteiger partial charge in [-0.1, -0.05) is 6.07 Å². The first-order valence-corrected chi connectivity index (χ1v) is 17.1. The van der Waals surface area contributed by atoms with Gasteiger partial charge >= 0.3 is 51.1 Å². The fraction of sp³-hybridized carbons (Fsp3) is 0. The Morgan fingerprint density at radius 2 is 1.47 bits per heavy atom. The maximum atomic E-state index is 3.27. The van der Waals surface area contributed by atoms with E-state index < -0.39 is 11.6 Å². The number of benzene rings is 2. The number of rotatable bonds is 0. The quantitative estimate of drug-likeness (QED) is 0.252. The fourth-order valence-corrected chi connectivity index (χ4v) is 1.41. The van der Waals surface area contributed by atoms with Crippen LogP contribution in [0.3, 0.4) is 0 Å². The van der Waals surface area contributed by atoms with Crippen molar-refractivity contribution in [3.8, 4) is 0 Å². The standard InChI is InChI=1S/C9H7.C6H5.3BrH.Ti/c1-2-5-9-7-3-6-8(9)4-1;1-2-4-6-5-3-1;;;;/h1-7H;1-5H;3*1H;/q2*-1;;;;+3/p-3. The Morgan fingerprint density at radius 1 is 0.842 bits per heavy atom. The van der Waals surface area contributed by atoms with Gasteiger partial charge in [-0.05, 0) is 0 Å². The maximum Gasteiger partial charge on any atom is -0.0809 e. The van der Waals surface area contributed by atoms with Gasteiger partial charge in [0.15, 0.2) is 0 Å².